The number of nitrogens with zero attached hydrogens (tertiary/aromatic N) is 5. The Labute approximate surface area is 142 Å². The van der Waals surface area contributed by atoms with Gasteiger partial charge in [0.1, 0.15) is 17.0 Å². The van der Waals surface area contributed by atoms with Gasteiger partial charge in [-0.3, -0.25) is 4.79 Å². The molecule has 0 fully saturated rings. The first-order valence-electron chi connectivity index (χ1n) is 8.03. The summed E-state index contributed by atoms with van der Waals surface area (Å²) >= 11 is 0. The van der Waals surface area contributed by atoms with Crippen LogP contribution in [0.3, 0.4) is 0 Å². The number of benzene rings is 1. The molecule has 1 aromatic carbocycles. The monoisotopic (exact) mass is 340 g/mol. The lowest BCUT2D eigenvalue weighted by molar-refractivity contribution is 0.514. The van der Waals surface area contributed by atoms with E-state index in [1.165, 1.54) is 12.1 Å². The zero-order valence-electron chi connectivity index (χ0n) is 14.1. The van der Waals surface area contributed by atoms with E-state index in [0.29, 0.717) is 28.5 Å². The Balaban J connectivity index is 2.00. The Bertz CT molecular complexity index is 1150. The van der Waals surface area contributed by atoms with E-state index in [2.05, 4.69) is 20.5 Å². The number of aryl methyl sites for hydroxylation is 1. The standard InChI is InChI=1S/C17H17FN6O/c1-9(2)24-8-12(20-22-24)7-23-14-5-4-11(18)6-13(14)15-10(3)19-21-17(25)16(15)23/h4-6,8-9H,7H2,1-3H3,(H,21,25). The third-order valence-electron chi connectivity index (χ3n) is 4.33. The van der Waals surface area contributed by atoms with Crippen LogP contribution in [0.5, 0.6) is 0 Å². The highest BCUT2D eigenvalue weighted by atomic mass is 19.1. The predicted molar refractivity (Wildman–Crippen MR) is 92.1 cm³/mol. The van der Waals surface area contributed by atoms with Crippen molar-refractivity contribution in [3.63, 3.8) is 0 Å². The lowest BCUT2D eigenvalue weighted by Gasteiger charge is -2.05. The fourth-order valence-electron chi connectivity index (χ4n) is 3.14. The number of H-pyrrole nitrogens is 1. The van der Waals surface area contributed by atoms with Crippen molar-refractivity contribution in [2.24, 2.45) is 0 Å². The van der Waals surface area contributed by atoms with Gasteiger partial charge in [0.2, 0.25) is 0 Å². The first-order chi connectivity index (χ1) is 12.0. The van der Waals surface area contributed by atoms with E-state index in [0.717, 1.165) is 11.2 Å². The number of fused-ring (bicyclic) bond motifs is 3. The molecule has 128 valence electrons. The fraction of sp³-hybridized carbons (Fsp3) is 0.294. The Kier molecular flexibility index (Phi) is 3.41. The maximum absolute atomic E-state index is 13.8. The minimum absolute atomic E-state index is 0.198. The molecule has 0 saturated heterocycles. The fourth-order valence-corrected chi connectivity index (χ4v) is 3.14. The number of hydrogen-bond donors (Lipinski definition) is 1. The normalized spacial score (nSPS) is 11.9. The molecule has 4 rings (SSSR count). The van der Waals surface area contributed by atoms with Gasteiger partial charge in [-0.05, 0) is 39.0 Å². The largest absolute Gasteiger partial charge is 0.330 e. The van der Waals surface area contributed by atoms with Crippen LogP contribution in [0.15, 0.2) is 29.2 Å². The summed E-state index contributed by atoms with van der Waals surface area (Å²) in [4.78, 5) is 12.4. The lowest BCUT2D eigenvalue weighted by Crippen LogP contribution is -2.14. The van der Waals surface area contributed by atoms with Crippen LogP contribution in [-0.4, -0.2) is 29.8 Å². The Morgan fingerprint density at radius 2 is 2.12 bits per heavy atom. The van der Waals surface area contributed by atoms with Gasteiger partial charge in [0, 0.05) is 22.3 Å². The van der Waals surface area contributed by atoms with Gasteiger partial charge in [0.25, 0.3) is 5.56 Å². The predicted octanol–water partition coefficient (Wildman–Crippen LogP) is 2.55. The van der Waals surface area contributed by atoms with Crippen LogP contribution in [0.2, 0.25) is 0 Å². The van der Waals surface area contributed by atoms with Crippen molar-refractivity contribution in [2.45, 2.75) is 33.4 Å². The van der Waals surface area contributed by atoms with Crippen LogP contribution in [0.25, 0.3) is 21.8 Å². The highest BCUT2D eigenvalue weighted by Gasteiger charge is 2.18. The van der Waals surface area contributed by atoms with Gasteiger partial charge in [-0.15, -0.1) is 5.10 Å². The van der Waals surface area contributed by atoms with Crippen molar-refractivity contribution in [3.05, 3.63) is 52.0 Å². The topological polar surface area (TPSA) is 81.4 Å². The van der Waals surface area contributed by atoms with Crippen LogP contribution in [-0.2, 0) is 6.54 Å². The van der Waals surface area contributed by atoms with Crippen LogP contribution >= 0.6 is 0 Å². The van der Waals surface area contributed by atoms with Crippen LogP contribution in [0, 0.1) is 12.7 Å². The summed E-state index contributed by atoms with van der Waals surface area (Å²) in [5, 5.41) is 16.2. The van der Waals surface area contributed by atoms with E-state index in [1.54, 1.807) is 17.7 Å². The number of nitrogens with one attached hydrogen (secondary N) is 1. The molecule has 0 unspecified atom stereocenters. The van der Waals surface area contributed by atoms with E-state index in [1.807, 2.05) is 24.6 Å². The summed E-state index contributed by atoms with van der Waals surface area (Å²) in [7, 11) is 0. The van der Waals surface area contributed by atoms with E-state index < -0.39 is 0 Å². The highest BCUT2D eigenvalue weighted by Crippen LogP contribution is 2.29. The SMILES string of the molecule is Cc1n[nH]c(=O)c2c1c1cc(F)ccc1n2Cc1cn(C(C)C)nn1. The smallest absolute Gasteiger partial charge is 0.288 e. The second-order valence-corrected chi connectivity index (χ2v) is 6.39. The molecule has 4 aromatic rings. The molecule has 8 heteroatoms. The average molecular weight is 340 g/mol. The van der Waals surface area contributed by atoms with Gasteiger partial charge in [-0.25, -0.2) is 14.2 Å². The summed E-state index contributed by atoms with van der Waals surface area (Å²) in [5.74, 6) is -0.350. The molecular weight excluding hydrogens is 323 g/mol. The highest BCUT2D eigenvalue weighted by molar-refractivity contribution is 6.08. The van der Waals surface area contributed by atoms with Gasteiger partial charge >= 0.3 is 0 Å². The maximum atomic E-state index is 13.8. The lowest BCUT2D eigenvalue weighted by atomic mass is 10.1. The molecule has 0 saturated carbocycles. The number of hydrogen-bond acceptors (Lipinski definition) is 4. The van der Waals surface area contributed by atoms with Crippen molar-refractivity contribution in [3.8, 4) is 0 Å². The number of aromatic amines is 1. The summed E-state index contributed by atoms with van der Waals surface area (Å²) in [5.41, 5.74) is 2.29. The van der Waals surface area contributed by atoms with Gasteiger partial charge in [-0.2, -0.15) is 5.10 Å². The maximum Gasteiger partial charge on any atom is 0.288 e. The van der Waals surface area contributed by atoms with Crippen LogP contribution < -0.4 is 5.56 Å². The number of aromatic nitrogens is 6. The van der Waals surface area contributed by atoms with Gasteiger partial charge in [0.05, 0.1) is 18.4 Å². The number of halogens is 1. The molecule has 1 N–H and O–H groups in total. The van der Waals surface area contributed by atoms with E-state index in [4.69, 9.17) is 0 Å². The summed E-state index contributed by atoms with van der Waals surface area (Å²) in [6, 6.07) is 4.70. The minimum Gasteiger partial charge on any atom is -0.330 e. The molecule has 25 heavy (non-hydrogen) atoms. The quantitative estimate of drug-likeness (QED) is 0.621. The van der Waals surface area contributed by atoms with Gasteiger partial charge < -0.3 is 4.57 Å². The molecule has 0 amide bonds. The van der Waals surface area contributed by atoms with Crippen molar-refractivity contribution in [2.75, 3.05) is 0 Å². The molecule has 0 atom stereocenters. The molecule has 0 aliphatic heterocycles. The molecule has 0 bridgehead atoms. The van der Waals surface area contributed by atoms with Gasteiger partial charge in [-0.1, -0.05) is 5.21 Å². The number of rotatable bonds is 3. The molecule has 0 aliphatic rings. The van der Waals surface area contributed by atoms with Crippen molar-refractivity contribution < 1.29 is 4.39 Å². The van der Waals surface area contributed by atoms with Crippen molar-refractivity contribution in [1.82, 2.24) is 29.8 Å². The van der Waals surface area contributed by atoms with E-state index in [-0.39, 0.29) is 17.4 Å². The Morgan fingerprint density at radius 1 is 1.32 bits per heavy atom. The molecule has 3 aromatic heterocycles. The first kappa shape index (κ1) is 15.5. The van der Waals surface area contributed by atoms with E-state index >= 15 is 0 Å². The Hall–Kier alpha value is -3.03. The summed E-state index contributed by atoms with van der Waals surface area (Å²) in [6.45, 7) is 6.19. The molecule has 0 spiro atoms. The Morgan fingerprint density at radius 3 is 2.84 bits per heavy atom. The molecular formula is C17H17FN6O. The van der Waals surface area contributed by atoms with Gasteiger partial charge in [0.15, 0.2) is 0 Å². The molecule has 3 heterocycles. The van der Waals surface area contributed by atoms with Crippen LogP contribution in [0.4, 0.5) is 4.39 Å². The van der Waals surface area contributed by atoms with Crippen LogP contribution in [0.1, 0.15) is 31.3 Å². The van der Waals surface area contributed by atoms with Crippen molar-refractivity contribution in [1.29, 1.82) is 0 Å². The first-order valence-corrected chi connectivity index (χ1v) is 8.03. The zero-order chi connectivity index (χ0) is 17.7. The zero-order valence-corrected chi connectivity index (χ0v) is 14.1. The second-order valence-electron chi connectivity index (χ2n) is 6.39. The third kappa shape index (κ3) is 2.41. The molecule has 0 radical (unpaired) electrons. The molecule has 0 aliphatic carbocycles. The van der Waals surface area contributed by atoms with E-state index in [9.17, 15) is 9.18 Å². The van der Waals surface area contributed by atoms with Crippen molar-refractivity contribution >= 4 is 21.8 Å². The molecule has 7 nitrogen and oxygen atoms in total. The average Bonchev–Trinajstić information content (AvgIpc) is 3.15. The summed E-state index contributed by atoms with van der Waals surface area (Å²) < 4.78 is 17.4. The third-order valence-corrected chi connectivity index (χ3v) is 4.33. The second kappa shape index (κ2) is 5.51. The minimum atomic E-state index is -0.350. The summed E-state index contributed by atoms with van der Waals surface area (Å²) in [6.07, 6.45) is 1.86.